The standard InChI is InChI=1S/C39H25N3S/c1-40-39(26-13-3-2-4-14-26)41-23-42-32-22-20-24-11-5-7-15-27(24)33(32)35-34-31-21-19-25-12-6-8-16-28(25)37(31)43-38(34)30-18-10-9-17-29(30)36(35)42/h2-22H,1,23H2/b41-39-. The van der Waals surface area contributed by atoms with Crippen LogP contribution in [0, 0.1) is 0 Å². The van der Waals surface area contributed by atoms with Gasteiger partial charge in [0.05, 0.1) is 11.0 Å². The molecule has 0 bridgehead atoms. The minimum atomic E-state index is 0.433. The first-order valence-electron chi connectivity index (χ1n) is 14.5. The average Bonchev–Trinajstić information content (AvgIpc) is 3.62. The summed E-state index contributed by atoms with van der Waals surface area (Å²) < 4.78 is 5.06. The number of fused-ring (bicyclic) bond motifs is 14. The molecule has 202 valence electrons. The molecule has 0 fully saturated rings. The molecule has 0 spiro atoms. The van der Waals surface area contributed by atoms with Gasteiger partial charge in [-0.2, -0.15) is 0 Å². The predicted octanol–water partition coefficient (Wildman–Crippen LogP) is 10.7. The van der Waals surface area contributed by atoms with Crippen molar-refractivity contribution in [3.8, 4) is 0 Å². The van der Waals surface area contributed by atoms with Crippen LogP contribution >= 0.6 is 11.3 Å². The van der Waals surface area contributed by atoms with Crippen LogP contribution in [0.1, 0.15) is 5.56 Å². The summed E-state index contributed by atoms with van der Waals surface area (Å²) in [6.45, 7) is 4.29. The van der Waals surface area contributed by atoms with Crippen molar-refractivity contribution in [1.82, 2.24) is 4.57 Å². The van der Waals surface area contributed by atoms with Crippen LogP contribution < -0.4 is 0 Å². The van der Waals surface area contributed by atoms with Crippen LogP contribution in [-0.2, 0) is 6.67 Å². The molecular formula is C39H25N3S. The number of hydrogen-bond acceptors (Lipinski definition) is 2. The van der Waals surface area contributed by atoms with Crippen LogP contribution in [0.3, 0.4) is 0 Å². The number of nitrogens with zero attached hydrogens (tertiary/aromatic N) is 3. The van der Waals surface area contributed by atoms with Gasteiger partial charge in [-0.25, -0.2) is 9.98 Å². The van der Waals surface area contributed by atoms with E-state index in [0.717, 1.165) is 5.56 Å². The van der Waals surface area contributed by atoms with Crippen molar-refractivity contribution in [2.75, 3.05) is 0 Å². The lowest BCUT2D eigenvalue weighted by Crippen LogP contribution is -2.02. The Morgan fingerprint density at radius 2 is 1.21 bits per heavy atom. The van der Waals surface area contributed by atoms with Gasteiger partial charge in [0.2, 0.25) is 0 Å². The molecule has 2 heterocycles. The zero-order valence-electron chi connectivity index (χ0n) is 23.3. The number of aromatic nitrogens is 1. The normalized spacial score (nSPS) is 12.5. The molecule has 4 heteroatoms. The fourth-order valence-corrected chi connectivity index (χ4v) is 8.28. The predicted molar refractivity (Wildman–Crippen MR) is 187 cm³/mol. The maximum Gasteiger partial charge on any atom is 0.155 e. The minimum absolute atomic E-state index is 0.433. The van der Waals surface area contributed by atoms with E-state index in [4.69, 9.17) is 4.99 Å². The van der Waals surface area contributed by atoms with Gasteiger partial charge in [-0.05, 0) is 34.3 Å². The molecule has 0 aliphatic heterocycles. The van der Waals surface area contributed by atoms with Crippen molar-refractivity contribution in [3.05, 3.63) is 133 Å². The Morgan fingerprint density at radius 3 is 2.00 bits per heavy atom. The molecule has 7 aromatic carbocycles. The van der Waals surface area contributed by atoms with Crippen molar-refractivity contribution in [3.63, 3.8) is 0 Å². The van der Waals surface area contributed by atoms with Crippen molar-refractivity contribution in [2.24, 2.45) is 9.98 Å². The Morgan fingerprint density at radius 1 is 0.558 bits per heavy atom. The second-order valence-electron chi connectivity index (χ2n) is 11.0. The first-order valence-corrected chi connectivity index (χ1v) is 15.3. The summed E-state index contributed by atoms with van der Waals surface area (Å²) in [6.07, 6.45) is 0. The molecule has 9 aromatic rings. The largest absolute Gasteiger partial charge is 0.320 e. The SMILES string of the molecule is C=N/C(=N\Cn1c2ccc3ccccc3c2c2c3c4ccc5ccccc5c4sc3c3ccccc3c21)c1ccccc1. The lowest BCUT2D eigenvalue weighted by Gasteiger charge is -2.09. The maximum atomic E-state index is 5.07. The lowest BCUT2D eigenvalue weighted by atomic mass is 9.96. The molecule has 3 nitrogen and oxygen atoms in total. The summed E-state index contributed by atoms with van der Waals surface area (Å²) >= 11 is 1.92. The molecule has 0 saturated carbocycles. The average molecular weight is 568 g/mol. The number of aliphatic imine (C=N–C) groups is 2. The molecule has 0 aliphatic carbocycles. The van der Waals surface area contributed by atoms with E-state index in [9.17, 15) is 0 Å². The van der Waals surface area contributed by atoms with E-state index in [1.165, 1.54) is 74.3 Å². The Bertz CT molecular complexity index is 2600. The number of thiophene rings is 1. The smallest absolute Gasteiger partial charge is 0.155 e. The number of rotatable bonds is 3. The van der Waals surface area contributed by atoms with E-state index in [2.05, 4.69) is 113 Å². The highest BCUT2D eigenvalue weighted by Crippen LogP contribution is 2.49. The molecule has 0 unspecified atom stereocenters. The third kappa shape index (κ3) is 3.47. The van der Waals surface area contributed by atoms with Crippen LogP contribution in [0.25, 0.3) is 74.3 Å². The van der Waals surface area contributed by atoms with E-state index < -0.39 is 0 Å². The highest BCUT2D eigenvalue weighted by Gasteiger charge is 2.23. The van der Waals surface area contributed by atoms with Crippen LogP contribution in [0.4, 0.5) is 0 Å². The highest BCUT2D eigenvalue weighted by molar-refractivity contribution is 7.27. The summed E-state index contributed by atoms with van der Waals surface area (Å²) in [7, 11) is 0. The summed E-state index contributed by atoms with van der Waals surface area (Å²) in [4.78, 5) is 9.40. The Kier molecular flexibility index (Phi) is 5.28. The third-order valence-corrected chi connectivity index (χ3v) is 10.0. The molecule has 0 atom stereocenters. The Hall–Kier alpha value is -5.32. The molecular weight excluding hydrogens is 543 g/mol. The van der Waals surface area contributed by atoms with E-state index in [1.54, 1.807) is 0 Å². The van der Waals surface area contributed by atoms with E-state index >= 15 is 0 Å². The first-order chi connectivity index (χ1) is 21.3. The van der Waals surface area contributed by atoms with Crippen molar-refractivity contribution < 1.29 is 0 Å². The zero-order chi connectivity index (χ0) is 28.5. The molecule has 43 heavy (non-hydrogen) atoms. The van der Waals surface area contributed by atoms with Gasteiger partial charge in [-0.15, -0.1) is 11.3 Å². The molecule has 0 saturated heterocycles. The maximum absolute atomic E-state index is 5.07. The summed E-state index contributed by atoms with van der Waals surface area (Å²) in [6, 6.07) is 45.5. The molecule has 0 aliphatic rings. The molecule has 2 aromatic heterocycles. The van der Waals surface area contributed by atoms with Gasteiger partial charge in [0.1, 0.15) is 6.67 Å². The van der Waals surface area contributed by atoms with Crippen LogP contribution in [-0.4, -0.2) is 17.1 Å². The van der Waals surface area contributed by atoms with Gasteiger partial charge in [-0.1, -0.05) is 121 Å². The zero-order valence-corrected chi connectivity index (χ0v) is 24.1. The summed E-state index contributed by atoms with van der Waals surface area (Å²) in [5, 5.41) is 12.8. The Labute approximate surface area is 251 Å². The fourth-order valence-electron chi connectivity index (χ4n) is 6.90. The van der Waals surface area contributed by atoms with Crippen LogP contribution in [0.15, 0.2) is 137 Å². The van der Waals surface area contributed by atoms with Crippen molar-refractivity contribution in [1.29, 1.82) is 0 Å². The van der Waals surface area contributed by atoms with Crippen LogP contribution in [0.5, 0.6) is 0 Å². The van der Waals surface area contributed by atoms with Gasteiger partial charge < -0.3 is 4.57 Å². The molecule has 0 N–H and O–H groups in total. The lowest BCUT2D eigenvalue weighted by molar-refractivity contribution is 0.794. The second-order valence-corrected chi connectivity index (χ2v) is 12.0. The summed E-state index contributed by atoms with van der Waals surface area (Å²) in [5.41, 5.74) is 3.35. The van der Waals surface area contributed by atoms with E-state index in [-0.39, 0.29) is 0 Å². The second kappa shape index (κ2) is 9.35. The van der Waals surface area contributed by atoms with E-state index in [0.29, 0.717) is 12.5 Å². The third-order valence-electron chi connectivity index (χ3n) is 8.76. The quantitative estimate of drug-likeness (QED) is 0.150. The fraction of sp³-hybridized carbons (Fsp3) is 0.0256. The first kappa shape index (κ1) is 24.3. The van der Waals surface area contributed by atoms with Gasteiger partial charge in [0.15, 0.2) is 5.84 Å². The number of hydrogen-bond donors (Lipinski definition) is 0. The topological polar surface area (TPSA) is 29.6 Å². The summed E-state index contributed by atoms with van der Waals surface area (Å²) in [5.74, 6) is 0.647. The van der Waals surface area contributed by atoms with Gasteiger partial charge in [0.25, 0.3) is 0 Å². The monoisotopic (exact) mass is 567 g/mol. The molecule has 9 rings (SSSR count). The number of amidine groups is 1. The van der Waals surface area contributed by atoms with Gasteiger partial charge in [0, 0.05) is 47.3 Å². The highest BCUT2D eigenvalue weighted by atomic mass is 32.1. The molecule has 0 radical (unpaired) electrons. The van der Waals surface area contributed by atoms with Crippen molar-refractivity contribution in [2.45, 2.75) is 6.67 Å². The van der Waals surface area contributed by atoms with Gasteiger partial charge in [-0.3, -0.25) is 0 Å². The van der Waals surface area contributed by atoms with E-state index in [1.807, 2.05) is 41.7 Å². The van der Waals surface area contributed by atoms with Crippen LogP contribution in [0.2, 0.25) is 0 Å². The molecule has 0 amide bonds. The number of benzene rings is 7. The van der Waals surface area contributed by atoms with Gasteiger partial charge >= 0.3 is 0 Å². The van der Waals surface area contributed by atoms with Crippen molar-refractivity contribution >= 4 is 98.2 Å². The minimum Gasteiger partial charge on any atom is -0.320 e. The Balaban J connectivity index is 1.51.